The number of para-hydroxylation sites is 1. The molecule has 0 radical (unpaired) electrons. The molecule has 6 rings (SSSR count). The second kappa shape index (κ2) is 11.1. The highest BCUT2D eigenvalue weighted by atomic mass is 16.5. The molecule has 6 nitrogen and oxygen atoms in total. The van der Waals surface area contributed by atoms with Crippen molar-refractivity contribution in [3.8, 4) is 5.75 Å². The molecule has 1 N–H and O–H groups in total. The van der Waals surface area contributed by atoms with Crippen LogP contribution in [0.5, 0.6) is 5.75 Å². The van der Waals surface area contributed by atoms with Crippen LogP contribution >= 0.6 is 0 Å². The van der Waals surface area contributed by atoms with Crippen molar-refractivity contribution < 1.29 is 9.33 Å². The first-order valence-corrected chi connectivity index (χ1v) is 13.5. The van der Waals surface area contributed by atoms with Crippen molar-refractivity contribution in [2.45, 2.75) is 38.3 Å². The number of nitrogens with one attached hydrogen (secondary N) is 1. The first-order valence-electron chi connectivity index (χ1n) is 13.5. The number of aliphatic imine (C=N–C) groups is 2. The summed E-state index contributed by atoms with van der Waals surface area (Å²) in [5.41, 5.74) is 4.53. The van der Waals surface area contributed by atoms with Crippen LogP contribution < -0.4 is 15.1 Å². The maximum Gasteiger partial charge on any atom is 0.225 e. The van der Waals surface area contributed by atoms with E-state index >= 15 is 0 Å². The Balaban J connectivity index is 1.22. The second-order valence-electron chi connectivity index (χ2n) is 10.2. The zero-order chi connectivity index (χ0) is 25.6. The molecule has 6 heteroatoms. The van der Waals surface area contributed by atoms with Gasteiger partial charge in [0, 0.05) is 18.3 Å². The molecule has 2 aliphatic heterocycles. The molecular formula is C32H34N5O+. The lowest BCUT2D eigenvalue weighted by Crippen LogP contribution is -2.60. The smallest absolute Gasteiger partial charge is 0.225 e. The van der Waals surface area contributed by atoms with Crippen LogP contribution in [0, 0.1) is 5.92 Å². The third-order valence-electron chi connectivity index (χ3n) is 7.67. The summed E-state index contributed by atoms with van der Waals surface area (Å²) in [4.78, 5) is 8.98. The fourth-order valence-electron chi connectivity index (χ4n) is 5.67. The number of quaternary nitrogens is 1. The van der Waals surface area contributed by atoms with Crippen molar-refractivity contribution in [3.05, 3.63) is 115 Å². The normalized spacial score (nSPS) is 23.5. The topological polar surface area (TPSA) is 49.2 Å². The fraction of sp³-hybridized carbons (Fsp3) is 0.250. The van der Waals surface area contributed by atoms with E-state index in [0.717, 1.165) is 42.1 Å². The van der Waals surface area contributed by atoms with Crippen LogP contribution in [-0.2, 0) is 6.61 Å². The Kier molecular flexibility index (Phi) is 7.05. The highest BCUT2D eigenvalue weighted by molar-refractivity contribution is 5.82. The third-order valence-corrected chi connectivity index (χ3v) is 7.67. The molecule has 0 saturated heterocycles. The molecule has 192 valence electrons. The predicted octanol–water partition coefficient (Wildman–Crippen LogP) is 6.91. The zero-order valence-corrected chi connectivity index (χ0v) is 21.6. The van der Waals surface area contributed by atoms with E-state index in [2.05, 4.69) is 87.2 Å². The lowest BCUT2D eigenvalue weighted by Gasteiger charge is -2.45. The summed E-state index contributed by atoms with van der Waals surface area (Å²) in [6, 6.07) is 29.7. The second-order valence-corrected chi connectivity index (χ2v) is 10.2. The van der Waals surface area contributed by atoms with Crippen LogP contribution in [0.1, 0.15) is 31.2 Å². The van der Waals surface area contributed by atoms with E-state index in [0.29, 0.717) is 23.2 Å². The van der Waals surface area contributed by atoms with Gasteiger partial charge in [-0.3, -0.25) is 4.99 Å². The number of nitrogens with zero attached hydrogens (tertiary/aromatic N) is 4. The van der Waals surface area contributed by atoms with Gasteiger partial charge in [0.1, 0.15) is 12.4 Å². The van der Waals surface area contributed by atoms with E-state index < -0.39 is 0 Å². The first-order chi connectivity index (χ1) is 18.8. The first kappa shape index (κ1) is 24.2. The van der Waals surface area contributed by atoms with Gasteiger partial charge in [-0.25, -0.2) is 10.0 Å². The highest BCUT2D eigenvalue weighted by Gasteiger charge is 2.45. The summed E-state index contributed by atoms with van der Waals surface area (Å²) in [5, 5.41) is 6.13. The largest absolute Gasteiger partial charge is 0.489 e. The van der Waals surface area contributed by atoms with Gasteiger partial charge in [0.25, 0.3) is 0 Å². The van der Waals surface area contributed by atoms with Crippen LogP contribution in [0.3, 0.4) is 0 Å². The van der Waals surface area contributed by atoms with Gasteiger partial charge in [-0.15, -0.1) is 4.59 Å². The van der Waals surface area contributed by atoms with Gasteiger partial charge in [0.2, 0.25) is 12.0 Å². The van der Waals surface area contributed by atoms with Gasteiger partial charge >= 0.3 is 0 Å². The van der Waals surface area contributed by atoms with Crippen molar-refractivity contribution in [3.63, 3.8) is 0 Å². The SMILES string of the molecule is C1=C[N+]2(N(c3cccc(OCc4ccccc4)c3)C3CCC(CNc4ccccc4)CC3)C=NC=C2C=N1. The van der Waals surface area contributed by atoms with Crippen molar-refractivity contribution in [2.75, 3.05) is 16.9 Å². The summed E-state index contributed by atoms with van der Waals surface area (Å²) < 4.78 is 6.66. The highest BCUT2D eigenvalue weighted by Crippen LogP contribution is 2.39. The maximum absolute atomic E-state index is 6.22. The summed E-state index contributed by atoms with van der Waals surface area (Å²) >= 11 is 0. The van der Waals surface area contributed by atoms with Crippen molar-refractivity contribution in [2.24, 2.45) is 15.9 Å². The number of rotatable bonds is 9. The van der Waals surface area contributed by atoms with E-state index in [4.69, 9.17) is 4.74 Å². The molecule has 1 atom stereocenters. The zero-order valence-electron chi connectivity index (χ0n) is 21.6. The van der Waals surface area contributed by atoms with E-state index in [1.165, 1.54) is 18.5 Å². The van der Waals surface area contributed by atoms with Crippen LogP contribution in [0.4, 0.5) is 11.4 Å². The van der Waals surface area contributed by atoms with Crippen molar-refractivity contribution in [1.29, 1.82) is 0 Å². The fourth-order valence-corrected chi connectivity index (χ4v) is 5.67. The number of benzene rings is 3. The van der Waals surface area contributed by atoms with Crippen LogP contribution in [0.25, 0.3) is 0 Å². The quantitative estimate of drug-likeness (QED) is 0.322. The van der Waals surface area contributed by atoms with Crippen LogP contribution in [0.2, 0.25) is 0 Å². The molecule has 3 aromatic carbocycles. The Labute approximate surface area is 224 Å². The summed E-state index contributed by atoms with van der Waals surface area (Å²) in [7, 11) is 0. The Bertz CT molecular complexity index is 1340. The van der Waals surface area contributed by atoms with E-state index in [9.17, 15) is 0 Å². The Morgan fingerprint density at radius 3 is 2.47 bits per heavy atom. The van der Waals surface area contributed by atoms with Crippen molar-refractivity contribution >= 4 is 23.9 Å². The summed E-state index contributed by atoms with van der Waals surface area (Å²) in [6.07, 6.45) is 14.5. The molecule has 3 aliphatic rings. The molecular weight excluding hydrogens is 470 g/mol. The van der Waals surface area contributed by atoms with Gasteiger partial charge in [-0.2, -0.15) is 0 Å². The molecule has 0 aromatic heterocycles. The predicted molar refractivity (Wildman–Crippen MR) is 155 cm³/mol. The Morgan fingerprint density at radius 2 is 1.66 bits per heavy atom. The molecule has 38 heavy (non-hydrogen) atoms. The summed E-state index contributed by atoms with van der Waals surface area (Å²) in [6.45, 7) is 1.56. The van der Waals surface area contributed by atoms with Crippen LogP contribution in [-0.4, -0.2) is 29.7 Å². The minimum absolute atomic E-state index is 0.358. The molecule has 0 bridgehead atoms. The third kappa shape index (κ3) is 5.13. The van der Waals surface area contributed by atoms with E-state index in [1.54, 1.807) is 0 Å². The molecule has 1 saturated carbocycles. The molecule has 3 aromatic rings. The molecule has 0 amide bonds. The van der Waals surface area contributed by atoms with Gasteiger partial charge in [-0.05, 0) is 61.4 Å². The van der Waals surface area contributed by atoms with Crippen molar-refractivity contribution in [1.82, 2.24) is 0 Å². The number of fused-ring (bicyclic) bond motifs is 1. The minimum Gasteiger partial charge on any atom is -0.489 e. The van der Waals surface area contributed by atoms with Gasteiger partial charge in [0.15, 0.2) is 6.20 Å². The number of allylic oxidation sites excluding steroid dienone is 1. The Morgan fingerprint density at radius 1 is 0.868 bits per heavy atom. The lowest BCUT2D eigenvalue weighted by atomic mass is 9.85. The monoisotopic (exact) mass is 504 g/mol. The standard InChI is InChI=1S/C32H34N5O/c1-3-8-27(9-4-1)24-38-32-13-7-12-30(20-32)36(37-19-18-33-22-31(37)23-34-25-37)29-16-14-26(15-17-29)21-35-28-10-5-2-6-11-28/h1-13,18-20,22-23,25-26,29,35H,14-17,21,24H2/q+1. The lowest BCUT2D eigenvalue weighted by molar-refractivity contribution is -0.746. The number of hydrogen-bond acceptors (Lipinski definition) is 5. The average molecular weight is 505 g/mol. The average Bonchev–Trinajstić information content (AvgIpc) is 3.42. The number of anilines is 2. The van der Waals surface area contributed by atoms with Gasteiger partial charge in [-0.1, -0.05) is 54.6 Å². The number of hydrogen-bond donors (Lipinski definition) is 1. The molecule has 2 heterocycles. The van der Waals surface area contributed by atoms with Gasteiger partial charge in [0.05, 0.1) is 30.3 Å². The molecule has 1 unspecified atom stereocenters. The minimum atomic E-state index is 0.358. The molecule has 1 fully saturated rings. The summed E-state index contributed by atoms with van der Waals surface area (Å²) in [5.74, 6) is 1.53. The maximum atomic E-state index is 6.22. The van der Waals surface area contributed by atoms with Crippen LogP contribution in [0.15, 0.2) is 119 Å². The molecule has 1 aliphatic carbocycles. The van der Waals surface area contributed by atoms with Gasteiger partial charge < -0.3 is 10.1 Å². The number of ether oxygens (including phenoxy) is 1. The van der Waals surface area contributed by atoms with E-state index in [1.807, 2.05) is 49.2 Å². The molecule has 0 spiro atoms. The Hall–Kier alpha value is -4.16. The van der Waals surface area contributed by atoms with E-state index in [-0.39, 0.29) is 0 Å².